The number of rotatable bonds is 6. The second-order valence-electron chi connectivity index (χ2n) is 4.94. The number of benzene rings is 1. The van der Waals surface area contributed by atoms with Gasteiger partial charge in [-0.3, -0.25) is 4.72 Å². The van der Waals surface area contributed by atoms with Gasteiger partial charge in [-0.1, -0.05) is 12.2 Å². The lowest BCUT2D eigenvalue weighted by atomic mass is 10.1. The summed E-state index contributed by atoms with van der Waals surface area (Å²) in [4.78, 5) is 0. The van der Waals surface area contributed by atoms with Crippen LogP contribution < -0.4 is 14.8 Å². The molecule has 0 aromatic heterocycles. The minimum absolute atomic E-state index is 0.520. The summed E-state index contributed by atoms with van der Waals surface area (Å²) in [5.74, 6) is 1.22. The predicted octanol–water partition coefficient (Wildman–Crippen LogP) is 2.44. The molecule has 0 radical (unpaired) electrons. The molecule has 6 heteroatoms. The van der Waals surface area contributed by atoms with Crippen molar-refractivity contribution >= 4 is 21.4 Å². The Balaban J connectivity index is 2.11. The largest absolute Gasteiger partial charge is 0.495 e. The number of anilines is 2. The number of hydrogen-bond acceptors (Lipinski definition) is 4. The van der Waals surface area contributed by atoms with Crippen molar-refractivity contribution in [3.05, 3.63) is 30.4 Å². The molecule has 1 aromatic carbocycles. The average molecular weight is 296 g/mol. The van der Waals surface area contributed by atoms with E-state index in [0.29, 0.717) is 17.4 Å². The summed E-state index contributed by atoms with van der Waals surface area (Å²) in [5.41, 5.74) is 1.32. The quantitative estimate of drug-likeness (QED) is 0.791. The lowest BCUT2D eigenvalue weighted by Gasteiger charge is -2.15. The summed E-state index contributed by atoms with van der Waals surface area (Å²) in [6, 6.07) is 5.18. The molecule has 0 saturated heterocycles. The number of allylic oxidation sites excluding steroid dienone is 1. The fourth-order valence-corrected chi connectivity index (χ4v) is 2.79. The third kappa shape index (κ3) is 4.16. The zero-order valence-electron chi connectivity index (χ0n) is 11.7. The third-order valence-corrected chi connectivity index (χ3v) is 3.78. The highest BCUT2D eigenvalue weighted by Crippen LogP contribution is 2.29. The number of ether oxygens (including phenoxy) is 1. The van der Waals surface area contributed by atoms with Crippen molar-refractivity contribution in [1.82, 2.24) is 0 Å². The molecule has 1 unspecified atom stereocenters. The third-order valence-electron chi connectivity index (χ3n) is 3.17. The van der Waals surface area contributed by atoms with Gasteiger partial charge in [-0.2, -0.15) is 0 Å². The highest BCUT2D eigenvalue weighted by atomic mass is 32.2. The molecule has 0 aliphatic heterocycles. The lowest BCUT2D eigenvalue weighted by molar-refractivity contribution is 0.416. The molecular weight excluding hydrogens is 276 g/mol. The van der Waals surface area contributed by atoms with Crippen LogP contribution >= 0.6 is 0 Å². The van der Waals surface area contributed by atoms with Gasteiger partial charge in [-0.05, 0) is 37.0 Å². The van der Waals surface area contributed by atoms with Crippen molar-refractivity contribution in [3.8, 4) is 5.75 Å². The highest BCUT2D eigenvalue weighted by molar-refractivity contribution is 7.92. The van der Waals surface area contributed by atoms with Crippen molar-refractivity contribution in [2.45, 2.75) is 12.8 Å². The van der Waals surface area contributed by atoms with Crippen LogP contribution in [0.3, 0.4) is 0 Å². The molecule has 0 amide bonds. The van der Waals surface area contributed by atoms with Crippen molar-refractivity contribution in [2.75, 3.05) is 29.9 Å². The summed E-state index contributed by atoms with van der Waals surface area (Å²) in [6.45, 7) is 0.815. The van der Waals surface area contributed by atoms with E-state index in [9.17, 15) is 8.42 Å². The van der Waals surface area contributed by atoms with E-state index in [1.807, 2.05) is 0 Å². The van der Waals surface area contributed by atoms with Gasteiger partial charge in [0.05, 0.1) is 24.7 Å². The van der Waals surface area contributed by atoms with Crippen molar-refractivity contribution < 1.29 is 13.2 Å². The number of methoxy groups -OCH3 is 1. The number of hydrogen-bond donors (Lipinski definition) is 2. The second-order valence-corrected chi connectivity index (χ2v) is 6.68. The van der Waals surface area contributed by atoms with E-state index in [1.165, 1.54) is 0 Å². The number of sulfonamides is 1. The molecule has 0 fully saturated rings. The molecule has 1 atom stereocenters. The van der Waals surface area contributed by atoms with E-state index in [4.69, 9.17) is 4.74 Å². The molecule has 1 aliphatic carbocycles. The zero-order valence-corrected chi connectivity index (χ0v) is 12.5. The minimum atomic E-state index is -3.27. The molecule has 2 rings (SSSR count). The molecule has 20 heavy (non-hydrogen) atoms. The van der Waals surface area contributed by atoms with Gasteiger partial charge in [0.15, 0.2) is 0 Å². The van der Waals surface area contributed by atoms with Crippen LogP contribution in [0.5, 0.6) is 5.75 Å². The first-order valence-electron chi connectivity index (χ1n) is 6.54. The molecule has 1 aromatic rings. The highest BCUT2D eigenvalue weighted by Gasteiger charge is 2.11. The topological polar surface area (TPSA) is 67.4 Å². The Kier molecular flexibility index (Phi) is 4.54. The van der Waals surface area contributed by atoms with Gasteiger partial charge in [-0.15, -0.1) is 0 Å². The molecule has 0 saturated carbocycles. The molecule has 2 N–H and O–H groups in total. The van der Waals surface area contributed by atoms with Crippen molar-refractivity contribution in [2.24, 2.45) is 5.92 Å². The Morgan fingerprint density at radius 3 is 2.80 bits per heavy atom. The maximum absolute atomic E-state index is 11.3. The Bertz CT molecular complexity index is 596. The molecular formula is C14H20N2O3S. The van der Waals surface area contributed by atoms with Gasteiger partial charge in [0.25, 0.3) is 0 Å². The Morgan fingerprint density at radius 1 is 1.40 bits per heavy atom. The summed E-state index contributed by atoms with van der Waals surface area (Å²) >= 11 is 0. The normalized spacial score (nSPS) is 18.0. The Hall–Kier alpha value is -1.69. The van der Waals surface area contributed by atoms with Crippen LogP contribution in [0.25, 0.3) is 0 Å². The molecule has 1 aliphatic rings. The SMILES string of the molecule is COc1ccc(NS(C)(=O)=O)cc1NCC1C=CCC1. The fourth-order valence-electron chi connectivity index (χ4n) is 2.23. The van der Waals surface area contributed by atoms with Gasteiger partial charge < -0.3 is 10.1 Å². The molecule has 0 bridgehead atoms. The van der Waals surface area contributed by atoms with E-state index in [2.05, 4.69) is 22.2 Å². The molecule has 0 spiro atoms. The Morgan fingerprint density at radius 2 is 2.20 bits per heavy atom. The van der Waals surface area contributed by atoms with E-state index in [-0.39, 0.29) is 0 Å². The fraction of sp³-hybridized carbons (Fsp3) is 0.429. The van der Waals surface area contributed by atoms with Crippen LogP contribution in [0.15, 0.2) is 30.4 Å². The van der Waals surface area contributed by atoms with Gasteiger partial charge in [0, 0.05) is 6.54 Å². The summed E-state index contributed by atoms with van der Waals surface area (Å²) in [6.07, 6.45) is 7.80. The average Bonchev–Trinajstić information content (AvgIpc) is 2.87. The Labute approximate surface area is 120 Å². The van der Waals surface area contributed by atoms with E-state index in [1.54, 1.807) is 25.3 Å². The van der Waals surface area contributed by atoms with Gasteiger partial charge in [-0.25, -0.2) is 8.42 Å². The first-order valence-corrected chi connectivity index (χ1v) is 8.43. The van der Waals surface area contributed by atoms with Gasteiger partial charge >= 0.3 is 0 Å². The number of nitrogens with one attached hydrogen (secondary N) is 2. The van der Waals surface area contributed by atoms with Crippen molar-refractivity contribution in [3.63, 3.8) is 0 Å². The first kappa shape index (κ1) is 14.7. The monoisotopic (exact) mass is 296 g/mol. The molecule has 0 heterocycles. The van der Waals surface area contributed by atoms with Crippen molar-refractivity contribution in [1.29, 1.82) is 0 Å². The maximum atomic E-state index is 11.3. The van der Waals surface area contributed by atoms with Crippen LogP contribution in [0, 0.1) is 5.92 Å². The van der Waals surface area contributed by atoms with E-state index in [0.717, 1.165) is 31.3 Å². The van der Waals surface area contributed by atoms with Crippen LogP contribution in [-0.4, -0.2) is 28.3 Å². The summed E-state index contributed by atoms with van der Waals surface area (Å²) in [7, 11) is -1.68. The maximum Gasteiger partial charge on any atom is 0.229 e. The zero-order chi connectivity index (χ0) is 14.6. The van der Waals surface area contributed by atoms with E-state index < -0.39 is 10.0 Å². The van der Waals surface area contributed by atoms with Crippen LogP contribution in [0.2, 0.25) is 0 Å². The molecule has 5 nitrogen and oxygen atoms in total. The molecule has 110 valence electrons. The first-order chi connectivity index (χ1) is 9.48. The second kappa shape index (κ2) is 6.17. The minimum Gasteiger partial charge on any atom is -0.495 e. The van der Waals surface area contributed by atoms with Gasteiger partial charge in [0.2, 0.25) is 10.0 Å². The lowest BCUT2D eigenvalue weighted by Crippen LogP contribution is -2.12. The van der Waals surface area contributed by atoms with Crippen LogP contribution in [-0.2, 0) is 10.0 Å². The standard InChI is InChI=1S/C14H20N2O3S/c1-19-14-8-7-12(16-20(2,17)18)9-13(14)15-10-11-5-3-4-6-11/h3,5,7-9,11,15-16H,4,6,10H2,1-2H3. The van der Waals surface area contributed by atoms with Crippen LogP contribution in [0.4, 0.5) is 11.4 Å². The summed E-state index contributed by atoms with van der Waals surface area (Å²) in [5, 5.41) is 3.32. The van der Waals surface area contributed by atoms with Gasteiger partial charge in [0.1, 0.15) is 5.75 Å². The van der Waals surface area contributed by atoms with E-state index >= 15 is 0 Å². The van der Waals surface area contributed by atoms with Crippen LogP contribution in [0.1, 0.15) is 12.8 Å². The smallest absolute Gasteiger partial charge is 0.229 e. The summed E-state index contributed by atoms with van der Waals surface area (Å²) < 4.78 is 30.3. The predicted molar refractivity (Wildman–Crippen MR) is 81.8 cm³/mol.